The van der Waals surface area contributed by atoms with E-state index in [9.17, 15) is 23.2 Å². The quantitative estimate of drug-likeness (QED) is 0.170. The maximum absolute atomic E-state index is 14.0. The van der Waals surface area contributed by atoms with Crippen molar-refractivity contribution in [2.24, 2.45) is 0 Å². The molecule has 3 aliphatic rings. The molecule has 0 bridgehead atoms. The number of nitrogens with one attached hydrogen (secondary N) is 1. The zero-order chi connectivity index (χ0) is 33.7. The van der Waals surface area contributed by atoms with E-state index < -0.39 is 32.8 Å². The predicted molar refractivity (Wildman–Crippen MR) is 170 cm³/mol. The van der Waals surface area contributed by atoms with E-state index >= 15 is 0 Å². The number of hydrogen-bond acceptors (Lipinski definition) is 10. The Hall–Kier alpha value is -5.57. The van der Waals surface area contributed by atoms with E-state index in [1.807, 2.05) is 42.5 Å². The molecule has 3 aromatic carbocycles. The van der Waals surface area contributed by atoms with Crippen LogP contribution in [0.2, 0.25) is 0 Å². The Balaban J connectivity index is 0.945. The van der Waals surface area contributed by atoms with Crippen LogP contribution < -0.4 is 19.1 Å². The van der Waals surface area contributed by atoms with Gasteiger partial charge in [0.2, 0.25) is 18.6 Å². The van der Waals surface area contributed by atoms with Crippen LogP contribution in [0.4, 0.5) is 0 Å². The lowest BCUT2D eigenvalue weighted by Crippen LogP contribution is -2.63. The van der Waals surface area contributed by atoms with E-state index in [-0.39, 0.29) is 41.6 Å². The molecule has 252 valence electrons. The molecule has 15 heteroatoms. The van der Waals surface area contributed by atoms with Crippen LogP contribution in [0.5, 0.6) is 17.4 Å². The number of ether oxygens (including phenoxy) is 3. The largest absolute Gasteiger partial charge is 0.454 e. The number of carbonyl (C=O) groups excluding carboxylic acids is 2. The van der Waals surface area contributed by atoms with Crippen molar-refractivity contribution in [2.75, 3.05) is 26.5 Å². The van der Waals surface area contributed by atoms with Crippen molar-refractivity contribution in [1.29, 1.82) is 0 Å². The van der Waals surface area contributed by atoms with Gasteiger partial charge in [0.05, 0.1) is 29.2 Å². The SMILES string of the molecule is O=C1[C@H]2Cc3c([nH]c4ccccc34)[C@@H](c3ccc4c(c3)OCO4)N2C(=O)CN1CCCCCOc1no[n+]([O-])c1S(=O)(=O)c1ccccc1. The van der Waals surface area contributed by atoms with Gasteiger partial charge >= 0.3 is 10.9 Å². The van der Waals surface area contributed by atoms with Crippen LogP contribution in [0.25, 0.3) is 10.9 Å². The number of nitrogens with zero attached hydrogens (tertiary/aromatic N) is 4. The first kappa shape index (κ1) is 30.7. The van der Waals surface area contributed by atoms with Crippen LogP contribution in [-0.4, -0.2) is 72.7 Å². The number of sulfone groups is 1. The van der Waals surface area contributed by atoms with Gasteiger partial charge < -0.3 is 34.2 Å². The first-order chi connectivity index (χ1) is 23.8. The van der Waals surface area contributed by atoms with Gasteiger partial charge in [0.1, 0.15) is 6.04 Å². The molecule has 2 atom stereocenters. The number of hydrogen-bond donors (Lipinski definition) is 1. The number of aromatic nitrogens is 3. The van der Waals surface area contributed by atoms with Crippen molar-refractivity contribution < 1.29 is 41.7 Å². The second kappa shape index (κ2) is 12.1. The van der Waals surface area contributed by atoms with Crippen LogP contribution in [0.15, 0.2) is 87.3 Å². The fourth-order valence-electron chi connectivity index (χ4n) is 6.93. The Kier molecular flexibility index (Phi) is 7.62. The van der Waals surface area contributed by atoms with Gasteiger partial charge in [0.15, 0.2) is 11.5 Å². The number of rotatable bonds is 10. The third-order valence-corrected chi connectivity index (χ3v) is 10.9. The zero-order valence-corrected chi connectivity index (χ0v) is 26.9. The molecule has 5 heterocycles. The molecular formula is C34H31N5O9S. The zero-order valence-electron chi connectivity index (χ0n) is 26.1. The summed E-state index contributed by atoms with van der Waals surface area (Å²) in [5.74, 6) is 0.559. The molecular weight excluding hydrogens is 654 g/mol. The number of aromatic amines is 1. The molecule has 5 aromatic rings. The maximum atomic E-state index is 14.0. The molecule has 0 saturated carbocycles. The number of H-pyrrole nitrogens is 1. The molecule has 0 unspecified atom stereocenters. The second-order valence-electron chi connectivity index (χ2n) is 12.1. The van der Waals surface area contributed by atoms with E-state index in [4.69, 9.17) is 14.2 Å². The average Bonchev–Trinajstić information content (AvgIpc) is 3.84. The van der Waals surface area contributed by atoms with Crippen molar-refractivity contribution in [2.45, 2.75) is 47.7 Å². The molecule has 0 spiro atoms. The van der Waals surface area contributed by atoms with E-state index in [1.165, 1.54) is 12.1 Å². The molecule has 8 rings (SSSR count). The number of amides is 2. The lowest BCUT2D eigenvalue weighted by atomic mass is 9.86. The van der Waals surface area contributed by atoms with E-state index in [0.29, 0.717) is 43.7 Å². The standard InChI is InChI=1S/C34H31N5O9S/c40-29-19-37(15-7-2-8-16-45-32-34(39(42)48-36-32)49(43,44)22-9-3-1-4-10-22)33(41)26-18-24-23-11-5-6-12-25(23)35-30(24)31(38(26)29)21-13-14-27-28(17-21)47-20-46-27/h1,3-6,9-14,17,26,31,35H,2,7-8,15-16,18-20H2/t26-,31-/m1/s1. The first-order valence-electron chi connectivity index (χ1n) is 15.9. The number of carbonyl (C=O) groups is 2. The normalized spacial score (nSPS) is 18.5. The van der Waals surface area contributed by atoms with Crippen molar-refractivity contribution in [1.82, 2.24) is 19.9 Å². The van der Waals surface area contributed by atoms with Crippen molar-refractivity contribution in [3.8, 4) is 17.4 Å². The highest BCUT2D eigenvalue weighted by molar-refractivity contribution is 7.91. The summed E-state index contributed by atoms with van der Waals surface area (Å²) in [6.45, 7) is 0.505. The highest BCUT2D eigenvalue weighted by Crippen LogP contribution is 2.45. The summed E-state index contributed by atoms with van der Waals surface area (Å²) < 4.78 is 47.2. The molecule has 0 aliphatic carbocycles. The summed E-state index contributed by atoms with van der Waals surface area (Å²) >= 11 is 0. The van der Waals surface area contributed by atoms with Gasteiger partial charge in [-0.05, 0) is 65.6 Å². The summed E-state index contributed by atoms with van der Waals surface area (Å²) in [6, 6.07) is 19.8. The van der Waals surface area contributed by atoms with Crippen LogP contribution in [0, 0.1) is 5.21 Å². The Morgan fingerprint density at radius 3 is 2.63 bits per heavy atom. The minimum Gasteiger partial charge on any atom is -0.454 e. The highest BCUT2D eigenvalue weighted by Gasteiger charge is 2.48. The summed E-state index contributed by atoms with van der Waals surface area (Å²) in [5.41, 5.74) is 3.67. The molecule has 0 radical (unpaired) electrons. The molecule has 1 fully saturated rings. The van der Waals surface area contributed by atoms with Gasteiger partial charge in [-0.1, -0.05) is 42.5 Å². The minimum absolute atomic E-state index is 0.0500. The Morgan fingerprint density at radius 2 is 1.78 bits per heavy atom. The first-order valence-corrected chi connectivity index (χ1v) is 17.4. The second-order valence-corrected chi connectivity index (χ2v) is 14.0. The lowest BCUT2D eigenvalue weighted by Gasteiger charge is -2.47. The summed E-state index contributed by atoms with van der Waals surface area (Å²) in [5, 5.41) is 15.9. The Labute approximate surface area is 280 Å². The highest BCUT2D eigenvalue weighted by atomic mass is 32.2. The Morgan fingerprint density at radius 1 is 0.980 bits per heavy atom. The van der Waals surface area contributed by atoms with Crippen LogP contribution in [0.1, 0.15) is 42.1 Å². The lowest BCUT2D eigenvalue weighted by molar-refractivity contribution is -0.832. The molecule has 3 aliphatic heterocycles. The van der Waals surface area contributed by atoms with Gasteiger partial charge in [-0.15, -0.1) is 0 Å². The summed E-state index contributed by atoms with van der Waals surface area (Å²) in [6.07, 6.45) is 2.05. The van der Waals surface area contributed by atoms with Crippen LogP contribution >= 0.6 is 0 Å². The van der Waals surface area contributed by atoms with E-state index in [1.54, 1.807) is 28.0 Å². The molecule has 2 aromatic heterocycles. The van der Waals surface area contributed by atoms with Crippen molar-refractivity contribution in [3.05, 3.63) is 94.8 Å². The molecule has 1 N–H and O–H groups in total. The van der Waals surface area contributed by atoms with Crippen LogP contribution in [-0.2, 0) is 25.8 Å². The molecule has 14 nitrogen and oxygen atoms in total. The monoisotopic (exact) mass is 685 g/mol. The van der Waals surface area contributed by atoms with E-state index in [0.717, 1.165) is 27.7 Å². The minimum atomic E-state index is -4.22. The third kappa shape index (κ3) is 5.30. The molecule has 2 amide bonds. The molecule has 49 heavy (non-hydrogen) atoms. The van der Waals surface area contributed by atoms with Gasteiger partial charge in [-0.3, -0.25) is 14.2 Å². The fourth-order valence-corrected chi connectivity index (χ4v) is 8.23. The van der Waals surface area contributed by atoms with Gasteiger partial charge in [0, 0.05) is 29.6 Å². The smallest absolute Gasteiger partial charge is 0.414 e. The summed E-state index contributed by atoms with van der Waals surface area (Å²) in [4.78, 5) is 34.5. The predicted octanol–water partition coefficient (Wildman–Crippen LogP) is 3.29. The van der Waals surface area contributed by atoms with Gasteiger partial charge in [-0.2, -0.15) is 0 Å². The maximum Gasteiger partial charge on any atom is 0.414 e. The average molecular weight is 686 g/mol. The number of piperazine rings is 1. The number of fused-ring (bicyclic) bond motifs is 5. The number of benzene rings is 3. The van der Waals surface area contributed by atoms with E-state index in [2.05, 4.69) is 14.8 Å². The van der Waals surface area contributed by atoms with Crippen LogP contribution in [0.3, 0.4) is 0 Å². The fraction of sp³-hybridized carbons (Fsp3) is 0.294. The van der Waals surface area contributed by atoms with Gasteiger partial charge in [-0.25, -0.2) is 8.42 Å². The third-order valence-electron chi connectivity index (χ3n) is 9.22. The molecule has 1 saturated heterocycles. The number of unbranched alkanes of at least 4 members (excludes halogenated alkanes) is 2. The summed E-state index contributed by atoms with van der Waals surface area (Å²) in [7, 11) is -4.22. The number of para-hydroxylation sites is 1. The van der Waals surface area contributed by atoms with Crippen molar-refractivity contribution in [3.63, 3.8) is 0 Å². The van der Waals surface area contributed by atoms with Crippen molar-refractivity contribution >= 4 is 32.6 Å². The van der Waals surface area contributed by atoms with Gasteiger partial charge in [0.25, 0.3) is 9.84 Å². The topological polar surface area (TPSA) is 171 Å². The Bertz CT molecular complexity index is 2180.